The minimum absolute atomic E-state index is 0.167. The number of carbonyl (C=O) groups is 1. The van der Waals surface area contributed by atoms with Crippen molar-refractivity contribution in [2.24, 2.45) is 0 Å². The molecule has 0 amide bonds. The fourth-order valence-electron chi connectivity index (χ4n) is 2.34. The van der Waals surface area contributed by atoms with Crippen molar-refractivity contribution in [3.05, 3.63) is 0 Å². The normalized spacial score (nSPS) is 13.7. The standard InChI is InChI=1S/C16H30Cl3O5P/c1-4-5-6-7-8-9-10-11-12-13-14(20)24-15(16(17,18)19)25(21,22-2)23-3/h15H,4-13H2,1-3H3. The van der Waals surface area contributed by atoms with Crippen molar-refractivity contribution in [2.75, 3.05) is 14.2 Å². The van der Waals surface area contributed by atoms with Crippen LogP contribution in [0.5, 0.6) is 0 Å². The van der Waals surface area contributed by atoms with E-state index in [-0.39, 0.29) is 6.42 Å². The molecule has 0 rings (SSSR count). The Balaban J connectivity index is 4.15. The molecule has 0 aromatic carbocycles. The van der Waals surface area contributed by atoms with Crippen molar-refractivity contribution in [3.8, 4) is 0 Å². The molecule has 0 saturated heterocycles. The highest BCUT2D eigenvalue weighted by molar-refractivity contribution is 7.55. The van der Waals surface area contributed by atoms with Gasteiger partial charge in [-0.05, 0) is 6.42 Å². The Labute approximate surface area is 166 Å². The van der Waals surface area contributed by atoms with Crippen LogP contribution in [-0.2, 0) is 23.1 Å². The van der Waals surface area contributed by atoms with Gasteiger partial charge in [0.2, 0.25) is 9.64 Å². The van der Waals surface area contributed by atoms with Gasteiger partial charge in [-0.3, -0.25) is 9.36 Å². The molecule has 0 heterocycles. The lowest BCUT2D eigenvalue weighted by molar-refractivity contribution is -0.146. The molecule has 0 aliphatic heterocycles. The molecule has 0 radical (unpaired) electrons. The van der Waals surface area contributed by atoms with Crippen LogP contribution >= 0.6 is 42.4 Å². The van der Waals surface area contributed by atoms with Crippen molar-refractivity contribution in [3.63, 3.8) is 0 Å². The average Bonchev–Trinajstić information content (AvgIpc) is 2.56. The van der Waals surface area contributed by atoms with Crippen LogP contribution in [0.15, 0.2) is 0 Å². The van der Waals surface area contributed by atoms with Gasteiger partial charge in [0.25, 0.3) is 0 Å². The van der Waals surface area contributed by atoms with Crippen LogP contribution < -0.4 is 0 Å². The van der Waals surface area contributed by atoms with Crippen molar-refractivity contribution in [1.29, 1.82) is 0 Å². The van der Waals surface area contributed by atoms with Gasteiger partial charge in [-0.15, -0.1) is 0 Å². The lowest BCUT2D eigenvalue weighted by Crippen LogP contribution is -2.32. The molecule has 25 heavy (non-hydrogen) atoms. The summed E-state index contributed by atoms with van der Waals surface area (Å²) in [7, 11) is -1.59. The van der Waals surface area contributed by atoms with Crippen LogP contribution in [0, 0.1) is 0 Å². The molecule has 0 aliphatic rings. The number of esters is 1. The number of rotatable bonds is 14. The Kier molecular flexibility index (Phi) is 13.9. The summed E-state index contributed by atoms with van der Waals surface area (Å²) in [4.78, 5) is 12.0. The molecule has 150 valence electrons. The first-order valence-corrected chi connectivity index (χ1v) is 11.4. The van der Waals surface area contributed by atoms with E-state index in [2.05, 4.69) is 6.92 Å². The average molecular weight is 440 g/mol. The van der Waals surface area contributed by atoms with Gasteiger partial charge in [-0.2, -0.15) is 0 Å². The van der Waals surface area contributed by atoms with Gasteiger partial charge >= 0.3 is 13.6 Å². The number of ether oxygens (including phenoxy) is 1. The Morgan fingerprint density at radius 3 is 1.76 bits per heavy atom. The Bertz CT molecular complexity index is 407. The van der Waals surface area contributed by atoms with Gasteiger partial charge < -0.3 is 13.8 Å². The predicted octanol–water partition coefficient (Wildman–Crippen LogP) is 6.63. The minimum atomic E-state index is -3.87. The van der Waals surface area contributed by atoms with Crippen LogP contribution in [0.1, 0.15) is 71.1 Å². The summed E-state index contributed by atoms with van der Waals surface area (Å²) in [6.45, 7) is 2.20. The van der Waals surface area contributed by atoms with E-state index in [0.717, 1.165) is 33.5 Å². The number of hydrogen-bond donors (Lipinski definition) is 0. The Hall–Kier alpha value is 0.490. The SMILES string of the molecule is CCCCCCCCCCCC(=O)OC(C(Cl)(Cl)Cl)P(=O)(OC)OC. The van der Waals surface area contributed by atoms with Crippen LogP contribution in [0.25, 0.3) is 0 Å². The lowest BCUT2D eigenvalue weighted by Gasteiger charge is -2.28. The van der Waals surface area contributed by atoms with Gasteiger partial charge in [-0.1, -0.05) is 93.1 Å². The fourth-order valence-corrected chi connectivity index (χ4v) is 4.69. The number of halogens is 3. The zero-order valence-corrected chi connectivity index (χ0v) is 18.4. The summed E-state index contributed by atoms with van der Waals surface area (Å²) in [6.07, 6.45) is 10.3. The molecule has 0 bridgehead atoms. The number of carbonyl (C=O) groups excluding carboxylic acids is 1. The second-order valence-electron chi connectivity index (χ2n) is 5.87. The molecular weight excluding hydrogens is 410 g/mol. The highest BCUT2D eigenvalue weighted by Crippen LogP contribution is 2.59. The topological polar surface area (TPSA) is 61.8 Å². The molecule has 0 N–H and O–H groups in total. The van der Waals surface area contributed by atoms with E-state index in [1.165, 1.54) is 32.1 Å². The summed E-state index contributed by atoms with van der Waals surface area (Å²) in [5.41, 5.74) is 0. The van der Waals surface area contributed by atoms with E-state index in [0.29, 0.717) is 6.42 Å². The van der Waals surface area contributed by atoms with Crippen LogP contribution in [0.3, 0.4) is 0 Å². The second kappa shape index (κ2) is 13.6. The number of unbranched alkanes of at least 4 members (excludes halogenated alkanes) is 8. The number of hydrogen-bond acceptors (Lipinski definition) is 5. The summed E-state index contributed by atoms with van der Waals surface area (Å²) in [6, 6.07) is 0. The summed E-state index contributed by atoms with van der Waals surface area (Å²) >= 11 is 17.3. The first-order chi connectivity index (χ1) is 11.7. The van der Waals surface area contributed by atoms with E-state index >= 15 is 0 Å². The largest absolute Gasteiger partial charge is 0.445 e. The van der Waals surface area contributed by atoms with Crippen LogP contribution in [-0.4, -0.2) is 29.8 Å². The van der Waals surface area contributed by atoms with E-state index < -0.39 is 23.2 Å². The van der Waals surface area contributed by atoms with Crippen LogP contribution in [0.4, 0.5) is 0 Å². The Morgan fingerprint density at radius 2 is 1.36 bits per heavy atom. The maximum absolute atomic E-state index is 12.4. The van der Waals surface area contributed by atoms with Crippen molar-refractivity contribution < 1.29 is 23.1 Å². The summed E-state index contributed by atoms with van der Waals surface area (Å²) < 4.78 is 24.9. The first-order valence-electron chi connectivity index (χ1n) is 8.68. The van der Waals surface area contributed by atoms with E-state index in [1.54, 1.807) is 0 Å². The third-order valence-electron chi connectivity index (χ3n) is 3.80. The van der Waals surface area contributed by atoms with E-state index in [4.69, 9.17) is 48.6 Å². The summed E-state index contributed by atoms with van der Waals surface area (Å²) in [5, 5.41) is 0. The van der Waals surface area contributed by atoms with Gasteiger partial charge in [0, 0.05) is 20.6 Å². The fraction of sp³-hybridized carbons (Fsp3) is 0.938. The second-order valence-corrected chi connectivity index (χ2v) is 10.5. The predicted molar refractivity (Wildman–Crippen MR) is 104 cm³/mol. The van der Waals surface area contributed by atoms with Crippen molar-refractivity contribution >= 4 is 48.4 Å². The Morgan fingerprint density at radius 1 is 0.920 bits per heavy atom. The maximum atomic E-state index is 12.4. The molecule has 5 nitrogen and oxygen atoms in total. The third-order valence-corrected chi connectivity index (χ3v) is 6.94. The van der Waals surface area contributed by atoms with E-state index in [1.807, 2.05) is 0 Å². The third kappa shape index (κ3) is 11.0. The minimum Gasteiger partial charge on any atom is -0.445 e. The monoisotopic (exact) mass is 438 g/mol. The van der Waals surface area contributed by atoms with Gasteiger partial charge in [0.1, 0.15) is 0 Å². The molecule has 0 spiro atoms. The first kappa shape index (κ1) is 25.5. The van der Waals surface area contributed by atoms with E-state index in [9.17, 15) is 9.36 Å². The quantitative estimate of drug-likeness (QED) is 0.131. The molecule has 0 fully saturated rings. The van der Waals surface area contributed by atoms with Gasteiger partial charge in [-0.25, -0.2) is 0 Å². The molecule has 9 heteroatoms. The van der Waals surface area contributed by atoms with Gasteiger partial charge in [0.15, 0.2) is 0 Å². The molecule has 1 atom stereocenters. The smallest absolute Gasteiger partial charge is 0.374 e. The lowest BCUT2D eigenvalue weighted by atomic mass is 10.1. The zero-order chi connectivity index (χ0) is 19.3. The molecule has 1 unspecified atom stereocenters. The highest BCUT2D eigenvalue weighted by atomic mass is 35.6. The molecular formula is C16H30Cl3O5P. The highest BCUT2D eigenvalue weighted by Gasteiger charge is 2.51. The van der Waals surface area contributed by atoms with Crippen molar-refractivity contribution in [2.45, 2.75) is 80.8 Å². The summed E-state index contributed by atoms with van der Waals surface area (Å²) in [5.74, 6) is -2.19. The van der Waals surface area contributed by atoms with Gasteiger partial charge in [0.05, 0.1) is 0 Å². The van der Waals surface area contributed by atoms with Crippen LogP contribution in [0.2, 0.25) is 0 Å². The molecule has 0 aliphatic carbocycles. The zero-order valence-electron chi connectivity index (χ0n) is 15.3. The molecule has 0 aromatic heterocycles. The molecule has 0 aromatic rings. The number of alkyl halides is 3. The van der Waals surface area contributed by atoms with Crippen molar-refractivity contribution in [1.82, 2.24) is 0 Å². The maximum Gasteiger partial charge on any atom is 0.374 e. The molecule has 0 saturated carbocycles.